The molecule has 3 aromatic heterocycles. The van der Waals surface area contributed by atoms with E-state index in [9.17, 15) is 14.0 Å². The van der Waals surface area contributed by atoms with Crippen molar-refractivity contribution in [2.45, 2.75) is 18.9 Å². The fourth-order valence-corrected chi connectivity index (χ4v) is 3.39. The van der Waals surface area contributed by atoms with Crippen LogP contribution in [0.1, 0.15) is 29.2 Å². The zero-order chi connectivity index (χ0) is 24.5. The van der Waals surface area contributed by atoms with Crippen molar-refractivity contribution in [1.82, 2.24) is 24.7 Å². The van der Waals surface area contributed by atoms with E-state index in [0.717, 1.165) is 12.8 Å². The Bertz CT molecular complexity index is 1470. The molecule has 3 heterocycles. The van der Waals surface area contributed by atoms with Crippen molar-refractivity contribution < 1.29 is 13.9 Å². The lowest BCUT2D eigenvalue weighted by atomic mass is 10.1. The number of anilines is 2. The van der Waals surface area contributed by atoms with Crippen molar-refractivity contribution in [3.63, 3.8) is 0 Å². The molecule has 1 saturated carbocycles. The van der Waals surface area contributed by atoms with Crippen LogP contribution in [0.25, 0.3) is 11.3 Å². The van der Waals surface area contributed by atoms with Crippen LogP contribution in [0.15, 0.2) is 59.9 Å². The number of hydrogen-bond donors (Lipinski definition) is 2. The SMILES string of the molecule is Nc1nccc(Oc2cnc(NC(=O)c3cn(C4CC4)nc(-c4ccc(F)cc4)c3=O)nc2)c1Cl. The van der Waals surface area contributed by atoms with Gasteiger partial charge >= 0.3 is 0 Å². The van der Waals surface area contributed by atoms with E-state index in [1.807, 2.05) is 0 Å². The number of carbonyl (C=O) groups excluding carboxylic acids is 1. The smallest absolute Gasteiger partial charge is 0.263 e. The van der Waals surface area contributed by atoms with Gasteiger partial charge in [-0.25, -0.2) is 19.3 Å². The summed E-state index contributed by atoms with van der Waals surface area (Å²) in [6.45, 7) is 0. The lowest BCUT2D eigenvalue weighted by molar-refractivity contribution is 0.102. The third-order valence-corrected chi connectivity index (χ3v) is 5.56. The number of amides is 1. The second-order valence-electron chi connectivity index (χ2n) is 7.75. The van der Waals surface area contributed by atoms with Crippen molar-refractivity contribution in [2.24, 2.45) is 0 Å². The molecule has 0 spiro atoms. The number of nitrogens with zero attached hydrogens (tertiary/aromatic N) is 5. The fraction of sp³-hybridized carbons (Fsp3) is 0.130. The number of halogens is 2. The molecule has 35 heavy (non-hydrogen) atoms. The van der Waals surface area contributed by atoms with Gasteiger partial charge in [-0.1, -0.05) is 11.6 Å². The number of benzene rings is 1. The molecule has 5 rings (SSSR count). The average molecular weight is 494 g/mol. The van der Waals surface area contributed by atoms with Gasteiger partial charge in [0, 0.05) is 24.0 Å². The highest BCUT2D eigenvalue weighted by Crippen LogP contribution is 2.34. The van der Waals surface area contributed by atoms with Crippen molar-refractivity contribution in [2.75, 3.05) is 11.1 Å². The van der Waals surface area contributed by atoms with Gasteiger partial charge in [-0.05, 0) is 37.1 Å². The lowest BCUT2D eigenvalue weighted by Gasteiger charge is -2.11. The van der Waals surface area contributed by atoms with E-state index in [4.69, 9.17) is 22.1 Å². The third-order valence-electron chi connectivity index (χ3n) is 5.18. The zero-order valence-electron chi connectivity index (χ0n) is 18.0. The van der Waals surface area contributed by atoms with E-state index >= 15 is 0 Å². The minimum atomic E-state index is -0.700. The van der Waals surface area contributed by atoms with E-state index in [2.05, 4.69) is 25.4 Å². The Morgan fingerprint density at radius 1 is 1.14 bits per heavy atom. The van der Waals surface area contributed by atoms with Crippen LogP contribution in [-0.2, 0) is 0 Å². The molecule has 0 unspecified atom stereocenters. The van der Waals surface area contributed by atoms with Gasteiger partial charge in [-0.2, -0.15) is 5.10 Å². The summed E-state index contributed by atoms with van der Waals surface area (Å²) in [7, 11) is 0. The topological polar surface area (TPSA) is 138 Å². The number of pyridine rings is 1. The molecule has 1 aliphatic carbocycles. The molecule has 1 aliphatic rings. The Morgan fingerprint density at radius 3 is 2.54 bits per heavy atom. The average Bonchev–Trinajstić information content (AvgIpc) is 3.70. The first-order chi connectivity index (χ1) is 16.9. The van der Waals surface area contributed by atoms with Gasteiger partial charge in [0.2, 0.25) is 11.4 Å². The number of nitrogen functional groups attached to an aromatic ring is 1. The van der Waals surface area contributed by atoms with E-state index in [0.29, 0.717) is 5.56 Å². The molecule has 1 fully saturated rings. The molecule has 3 N–H and O–H groups in total. The highest BCUT2D eigenvalue weighted by Gasteiger charge is 2.27. The van der Waals surface area contributed by atoms with Gasteiger partial charge in [0.1, 0.15) is 27.9 Å². The first-order valence-electron chi connectivity index (χ1n) is 10.5. The monoisotopic (exact) mass is 493 g/mol. The Morgan fingerprint density at radius 2 is 1.86 bits per heavy atom. The molecule has 10 nitrogen and oxygen atoms in total. The number of carbonyl (C=O) groups is 1. The molecule has 0 aliphatic heterocycles. The van der Waals surface area contributed by atoms with Crippen LogP contribution in [0.4, 0.5) is 16.2 Å². The van der Waals surface area contributed by atoms with E-state index in [1.54, 1.807) is 4.68 Å². The molecule has 0 atom stereocenters. The predicted octanol–water partition coefficient (Wildman–Crippen LogP) is 3.85. The zero-order valence-corrected chi connectivity index (χ0v) is 18.7. The Hall–Kier alpha value is -4.38. The molecule has 176 valence electrons. The van der Waals surface area contributed by atoms with Crippen molar-refractivity contribution >= 4 is 29.3 Å². The summed E-state index contributed by atoms with van der Waals surface area (Å²) >= 11 is 6.06. The van der Waals surface area contributed by atoms with Crippen LogP contribution in [0.2, 0.25) is 5.02 Å². The number of hydrogen-bond acceptors (Lipinski definition) is 8. The number of nitrogens with two attached hydrogens (primary N) is 1. The van der Waals surface area contributed by atoms with Gasteiger partial charge in [-0.3, -0.25) is 19.6 Å². The minimum Gasteiger partial charge on any atom is -0.452 e. The maximum absolute atomic E-state index is 13.4. The van der Waals surface area contributed by atoms with Crippen LogP contribution < -0.4 is 21.2 Å². The number of aromatic nitrogens is 5. The second-order valence-corrected chi connectivity index (χ2v) is 8.12. The maximum atomic E-state index is 13.4. The third kappa shape index (κ3) is 4.80. The molecule has 1 amide bonds. The Kier molecular flexibility index (Phi) is 5.83. The molecule has 0 saturated heterocycles. The lowest BCUT2D eigenvalue weighted by Crippen LogP contribution is -2.27. The molecule has 0 bridgehead atoms. The van der Waals surface area contributed by atoms with Crippen LogP contribution in [-0.4, -0.2) is 30.6 Å². The van der Waals surface area contributed by atoms with Gasteiger partial charge < -0.3 is 10.5 Å². The molecule has 0 radical (unpaired) electrons. The van der Waals surface area contributed by atoms with Crippen LogP contribution >= 0.6 is 11.6 Å². The summed E-state index contributed by atoms with van der Waals surface area (Å²) in [6.07, 6.45) is 7.28. The van der Waals surface area contributed by atoms with E-state index in [-0.39, 0.29) is 45.6 Å². The Balaban J connectivity index is 1.39. The normalized spacial score (nSPS) is 12.9. The second kappa shape index (κ2) is 9.11. The largest absolute Gasteiger partial charge is 0.452 e. The standard InChI is InChI=1S/C23H17ClFN7O3/c24-18-17(7-8-27-21(18)26)35-15-9-28-23(29-10-15)30-22(34)16-11-32(14-5-6-14)31-19(20(16)33)12-1-3-13(25)4-2-12/h1-4,7-11,14H,5-6H2,(H2,26,27)(H,28,29,30,34). The van der Waals surface area contributed by atoms with Gasteiger partial charge in [-0.15, -0.1) is 0 Å². The molecular weight excluding hydrogens is 477 g/mol. The fourth-order valence-electron chi connectivity index (χ4n) is 3.24. The van der Waals surface area contributed by atoms with Crippen LogP contribution in [0.5, 0.6) is 11.5 Å². The summed E-state index contributed by atoms with van der Waals surface area (Å²) in [4.78, 5) is 38.0. The molecule has 1 aromatic carbocycles. The summed E-state index contributed by atoms with van der Waals surface area (Å²) in [5.41, 5.74) is 5.41. The summed E-state index contributed by atoms with van der Waals surface area (Å²) in [6, 6.07) is 6.99. The van der Waals surface area contributed by atoms with E-state index < -0.39 is 17.2 Å². The maximum Gasteiger partial charge on any atom is 0.263 e. The van der Waals surface area contributed by atoms with Crippen molar-refractivity contribution in [3.05, 3.63) is 81.7 Å². The van der Waals surface area contributed by atoms with Crippen LogP contribution in [0.3, 0.4) is 0 Å². The first-order valence-corrected chi connectivity index (χ1v) is 10.9. The predicted molar refractivity (Wildman–Crippen MR) is 126 cm³/mol. The summed E-state index contributed by atoms with van der Waals surface area (Å²) < 4.78 is 20.5. The van der Waals surface area contributed by atoms with Gasteiger partial charge in [0.15, 0.2) is 11.5 Å². The van der Waals surface area contributed by atoms with Crippen molar-refractivity contribution in [3.8, 4) is 22.8 Å². The quantitative estimate of drug-likeness (QED) is 0.413. The van der Waals surface area contributed by atoms with E-state index in [1.165, 1.54) is 55.1 Å². The van der Waals surface area contributed by atoms with Crippen LogP contribution in [0, 0.1) is 5.82 Å². The Labute approximate surface area is 202 Å². The number of rotatable bonds is 6. The minimum absolute atomic E-state index is 0.0415. The highest BCUT2D eigenvalue weighted by atomic mass is 35.5. The molecule has 4 aromatic rings. The first kappa shape index (κ1) is 22.4. The highest BCUT2D eigenvalue weighted by molar-refractivity contribution is 6.34. The summed E-state index contributed by atoms with van der Waals surface area (Å²) in [5.74, 6) is -0.555. The number of nitrogens with one attached hydrogen (secondary N) is 1. The number of ether oxygens (including phenoxy) is 1. The summed E-state index contributed by atoms with van der Waals surface area (Å²) in [5, 5.41) is 7.03. The van der Waals surface area contributed by atoms with Gasteiger partial charge in [0.25, 0.3) is 5.91 Å². The molecule has 12 heteroatoms. The van der Waals surface area contributed by atoms with Gasteiger partial charge in [0.05, 0.1) is 18.4 Å². The van der Waals surface area contributed by atoms with Crippen molar-refractivity contribution in [1.29, 1.82) is 0 Å². The molecular formula is C23H17ClFN7O3.